The molecule has 1 aromatic heterocycles. The first-order chi connectivity index (χ1) is 18.4. The van der Waals surface area contributed by atoms with E-state index in [0.29, 0.717) is 75.5 Å². The number of hydrogen-bond donors (Lipinski definition) is 3. The Bertz CT molecular complexity index is 1120. The van der Waals surface area contributed by atoms with Crippen LogP contribution in [0.1, 0.15) is 62.0 Å². The van der Waals surface area contributed by atoms with E-state index in [9.17, 15) is 14.4 Å². The molecule has 0 atom stereocenters. The molecule has 10 nitrogen and oxygen atoms in total. The summed E-state index contributed by atoms with van der Waals surface area (Å²) in [4.78, 5) is 41.0. The molecule has 3 amide bonds. The summed E-state index contributed by atoms with van der Waals surface area (Å²) < 4.78 is 6.85. The summed E-state index contributed by atoms with van der Waals surface area (Å²) in [5, 5.41) is 14.7. The van der Waals surface area contributed by atoms with Gasteiger partial charge in [-0.3, -0.25) is 9.59 Å². The summed E-state index contributed by atoms with van der Waals surface area (Å²) in [5.41, 5.74) is 1.06. The molecule has 2 aliphatic heterocycles. The highest BCUT2D eigenvalue weighted by atomic mass is 35.5. The molecular weight excluding hydrogens is 508 g/mol. The zero-order valence-electron chi connectivity index (χ0n) is 22.1. The largest absolute Gasteiger partial charge is 0.450 e. The van der Waals surface area contributed by atoms with Crippen molar-refractivity contribution in [2.45, 2.75) is 64.0 Å². The minimum atomic E-state index is -1.02. The van der Waals surface area contributed by atoms with Crippen LogP contribution in [0.2, 0.25) is 5.02 Å². The van der Waals surface area contributed by atoms with Crippen molar-refractivity contribution in [2.24, 2.45) is 0 Å². The third-order valence-corrected chi connectivity index (χ3v) is 7.52. The van der Waals surface area contributed by atoms with Crippen molar-refractivity contribution < 1.29 is 19.1 Å². The van der Waals surface area contributed by atoms with Crippen LogP contribution in [0.15, 0.2) is 30.5 Å². The smallest absolute Gasteiger partial charge is 0.409 e. The van der Waals surface area contributed by atoms with Crippen LogP contribution >= 0.6 is 11.6 Å². The molecule has 0 saturated carbocycles. The second kappa shape index (κ2) is 12.6. The molecule has 0 aliphatic carbocycles. The third-order valence-electron chi connectivity index (χ3n) is 7.27. The Labute approximate surface area is 228 Å². The number of benzene rings is 1. The number of halogens is 1. The van der Waals surface area contributed by atoms with Gasteiger partial charge in [-0.05, 0) is 76.4 Å². The van der Waals surface area contributed by atoms with E-state index >= 15 is 0 Å². The van der Waals surface area contributed by atoms with Crippen molar-refractivity contribution in [1.82, 2.24) is 30.6 Å². The van der Waals surface area contributed by atoms with E-state index in [2.05, 4.69) is 28.0 Å². The molecule has 2 aromatic rings. The molecular formula is C27H37ClN6O4. The average Bonchev–Trinajstić information content (AvgIpc) is 3.34. The maximum atomic E-state index is 13.7. The lowest BCUT2D eigenvalue weighted by atomic mass is 9.86. The molecule has 206 valence electrons. The molecule has 0 radical (unpaired) electrons. The number of nitrogens with one attached hydrogen (secondary N) is 3. The molecule has 0 bridgehead atoms. The normalized spacial score (nSPS) is 17.6. The van der Waals surface area contributed by atoms with E-state index in [0.717, 1.165) is 17.8 Å². The summed E-state index contributed by atoms with van der Waals surface area (Å²) in [5.74, 6) is -0.480. The van der Waals surface area contributed by atoms with Crippen LogP contribution in [0, 0.1) is 0 Å². The standard InChI is InChI=1S/C27H37ClN6O4/c1-3-5-23-22(18-30-34(23)21-8-6-19(28)7-9-21)24(35)32-27(12-14-29-15-13-27)25(36)31-20-10-16-33(17-11-20)26(37)38-4-2/h6-9,18,20,29H,3-5,10-17H2,1-2H3,(H,31,36)(H,32,35). The third kappa shape index (κ3) is 6.30. The van der Waals surface area contributed by atoms with Crippen LogP contribution in [-0.2, 0) is 16.0 Å². The van der Waals surface area contributed by atoms with Crippen molar-refractivity contribution in [2.75, 3.05) is 32.8 Å². The minimum absolute atomic E-state index is 0.0693. The maximum absolute atomic E-state index is 13.7. The van der Waals surface area contributed by atoms with Gasteiger partial charge in [-0.25, -0.2) is 9.48 Å². The Morgan fingerprint density at radius 2 is 1.82 bits per heavy atom. The zero-order valence-corrected chi connectivity index (χ0v) is 22.9. The predicted octanol–water partition coefficient (Wildman–Crippen LogP) is 3.07. The van der Waals surface area contributed by atoms with Gasteiger partial charge in [0.25, 0.3) is 5.91 Å². The summed E-state index contributed by atoms with van der Waals surface area (Å²) in [6, 6.07) is 7.25. The Morgan fingerprint density at radius 1 is 1.13 bits per heavy atom. The Kier molecular flexibility index (Phi) is 9.27. The first-order valence-electron chi connectivity index (χ1n) is 13.5. The highest BCUT2D eigenvalue weighted by Crippen LogP contribution is 2.24. The number of ether oxygens (including phenoxy) is 1. The molecule has 11 heteroatoms. The van der Waals surface area contributed by atoms with Crippen molar-refractivity contribution >= 4 is 29.5 Å². The van der Waals surface area contributed by atoms with Crippen molar-refractivity contribution in [3.63, 3.8) is 0 Å². The maximum Gasteiger partial charge on any atom is 0.409 e. The molecule has 2 saturated heterocycles. The molecule has 0 unspecified atom stereocenters. The van der Waals surface area contributed by atoms with E-state index in [1.54, 1.807) is 34.8 Å². The molecule has 0 spiro atoms. The highest BCUT2D eigenvalue weighted by molar-refractivity contribution is 6.30. The molecule has 3 heterocycles. The number of piperidine rings is 2. The van der Waals surface area contributed by atoms with Gasteiger partial charge in [-0.2, -0.15) is 5.10 Å². The van der Waals surface area contributed by atoms with Crippen molar-refractivity contribution in [3.8, 4) is 5.69 Å². The first-order valence-corrected chi connectivity index (χ1v) is 13.8. The number of likely N-dealkylation sites (tertiary alicyclic amines) is 1. The Morgan fingerprint density at radius 3 is 2.45 bits per heavy atom. The fraction of sp³-hybridized carbons (Fsp3) is 0.556. The minimum Gasteiger partial charge on any atom is -0.450 e. The topological polar surface area (TPSA) is 118 Å². The monoisotopic (exact) mass is 544 g/mol. The Hall–Kier alpha value is -3.11. The number of carbonyl (C=O) groups excluding carboxylic acids is 3. The van der Waals surface area contributed by atoms with Crippen molar-refractivity contribution in [3.05, 3.63) is 46.7 Å². The average molecular weight is 545 g/mol. The predicted molar refractivity (Wildman–Crippen MR) is 145 cm³/mol. The van der Waals surface area contributed by atoms with E-state index in [1.807, 2.05) is 12.1 Å². The molecule has 4 rings (SSSR count). The van der Waals surface area contributed by atoms with E-state index in [-0.39, 0.29) is 23.9 Å². The number of carbonyl (C=O) groups is 3. The number of amides is 3. The number of aromatic nitrogens is 2. The lowest BCUT2D eigenvalue weighted by Gasteiger charge is -2.39. The molecule has 38 heavy (non-hydrogen) atoms. The lowest BCUT2D eigenvalue weighted by molar-refractivity contribution is -0.129. The van der Waals surface area contributed by atoms with Gasteiger partial charge in [0.2, 0.25) is 5.91 Å². The van der Waals surface area contributed by atoms with Gasteiger partial charge in [-0.1, -0.05) is 24.9 Å². The van der Waals surface area contributed by atoms with Crippen LogP contribution in [0.3, 0.4) is 0 Å². The summed E-state index contributed by atoms with van der Waals surface area (Å²) in [6.07, 6.45) is 5.00. The van der Waals surface area contributed by atoms with Gasteiger partial charge in [0, 0.05) is 24.2 Å². The molecule has 1 aromatic carbocycles. The zero-order chi connectivity index (χ0) is 27.1. The number of nitrogens with zero attached hydrogens (tertiary/aromatic N) is 3. The van der Waals surface area contributed by atoms with Gasteiger partial charge in [0.15, 0.2) is 0 Å². The summed E-state index contributed by atoms with van der Waals surface area (Å²) in [7, 11) is 0. The number of rotatable bonds is 8. The van der Waals surface area contributed by atoms with Gasteiger partial charge >= 0.3 is 6.09 Å². The molecule has 2 fully saturated rings. The Balaban J connectivity index is 1.48. The van der Waals surface area contributed by atoms with E-state index < -0.39 is 5.54 Å². The van der Waals surface area contributed by atoms with E-state index in [4.69, 9.17) is 16.3 Å². The van der Waals surface area contributed by atoms with Crippen LogP contribution in [0.4, 0.5) is 4.79 Å². The van der Waals surface area contributed by atoms with Gasteiger partial charge in [0.05, 0.1) is 29.7 Å². The highest BCUT2D eigenvalue weighted by Gasteiger charge is 2.42. The second-order valence-corrected chi connectivity index (χ2v) is 10.3. The van der Waals surface area contributed by atoms with Gasteiger partial charge in [-0.15, -0.1) is 0 Å². The number of hydrogen-bond acceptors (Lipinski definition) is 6. The van der Waals surface area contributed by atoms with Crippen LogP contribution in [-0.4, -0.2) is 77.0 Å². The summed E-state index contributed by atoms with van der Waals surface area (Å²) in [6.45, 7) is 6.47. The van der Waals surface area contributed by atoms with Crippen LogP contribution < -0.4 is 16.0 Å². The molecule has 3 N–H and O–H groups in total. The SMILES string of the molecule is CCCc1c(C(=O)NC2(C(=O)NC3CCN(C(=O)OCC)CC3)CCNCC2)cnn1-c1ccc(Cl)cc1. The van der Waals surface area contributed by atoms with Crippen molar-refractivity contribution in [1.29, 1.82) is 0 Å². The quantitative estimate of drug-likeness (QED) is 0.470. The van der Waals surface area contributed by atoms with Crippen LogP contribution in [0.5, 0.6) is 0 Å². The van der Waals surface area contributed by atoms with Gasteiger partial charge < -0.3 is 25.6 Å². The lowest BCUT2D eigenvalue weighted by Crippen LogP contribution is -2.64. The van der Waals surface area contributed by atoms with Gasteiger partial charge in [0.1, 0.15) is 5.54 Å². The second-order valence-electron chi connectivity index (χ2n) is 9.86. The summed E-state index contributed by atoms with van der Waals surface area (Å²) >= 11 is 6.05. The molecule has 2 aliphatic rings. The fourth-order valence-corrected chi connectivity index (χ4v) is 5.26. The van der Waals surface area contributed by atoms with Crippen LogP contribution in [0.25, 0.3) is 5.69 Å². The fourth-order valence-electron chi connectivity index (χ4n) is 5.14. The first kappa shape index (κ1) is 27.9. The van der Waals surface area contributed by atoms with E-state index in [1.165, 1.54) is 0 Å².